The van der Waals surface area contributed by atoms with Gasteiger partial charge in [-0.05, 0) is 48.1 Å². The summed E-state index contributed by atoms with van der Waals surface area (Å²) in [6.45, 7) is 3.12. The lowest BCUT2D eigenvalue weighted by Crippen LogP contribution is -2.36. The number of Topliss-reactive ketones (excluding diaryl/α,β-unsaturated/α-hetero) is 1. The van der Waals surface area contributed by atoms with E-state index >= 15 is 0 Å². The molecule has 1 aliphatic carbocycles. The molecule has 0 N–H and O–H groups in total. The summed E-state index contributed by atoms with van der Waals surface area (Å²) in [4.78, 5) is 24.1. The molecule has 28 heavy (non-hydrogen) atoms. The van der Waals surface area contributed by atoms with Crippen LogP contribution in [0.3, 0.4) is 0 Å². The molecule has 1 saturated carbocycles. The zero-order valence-corrected chi connectivity index (χ0v) is 15.8. The second-order valence-electron chi connectivity index (χ2n) is 7.68. The Morgan fingerprint density at radius 1 is 1.04 bits per heavy atom. The number of ketones is 1. The zero-order valence-electron chi connectivity index (χ0n) is 15.8. The highest BCUT2D eigenvalue weighted by molar-refractivity contribution is 5.97. The van der Waals surface area contributed by atoms with Gasteiger partial charge in [0.25, 0.3) is 0 Å². The number of fused-ring (bicyclic) bond motifs is 1. The van der Waals surface area contributed by atoms with Crippen molar-refractivity contribution in [1.29, 1.82) is 0 Å². The van der Waals surface area contributed by atoms with E-state index in [-0.39, 0.29) is 5.78 Å². The van der Waals surface area contributed by atoms with E-state index in [0.717, 1.165) is 59.8 Å². The number of carbonyl (C=O) groups is 1. The smallest absolute Gasteiger partial charge is 0.163 e. The van der Waals surface area contributed by atoms with Crippen molar-refractivity contribution in [3.05, 3.63) is 54.2 Å². The average Bonchev–Trinajstić information content (AvgIpc) is 3.57. The Hall–Kier alpha value is -2.79. The molecule has 0 atom stereocenters. The number of rotatable bonds is 5. The lowest BCUT2D eigenvalue weighted by atomic mass is 9.99. The van der Waals surface area contributed by atoms with Gasteiger partial charge < -0.3 is 9.64 Å². The normalized spacial score (nSPS) is 17.1. The van der Waals surface area contributed by atoms with Gasteiger partial charge in [0.2, 0.25) is 0 Å². The summed E-state index contributed by atoms with van der Waals surface area (Å²) < 4.78 is 5.43. The van der Waals surface area contributed by atoms with E-state index in [2.05, 4.69) is 22.0 Å². The van der Waals surface area contributed by atoms with Gasteiger partial charge in [0.15, 0.2) is 5.78 Å². The number of carbonyl (C=O) groups excluding carboxylic acids is 1. The van der Waals surface area contributed by atoms with E-state index in [1.165, 1.54) is 12.8 Å². The molecule has 1 aliphatic heterocycles. The van der Waals surface area contributed by atoms with Crippen LogP contribution < -0.4 is 4.90 Å². The van der Waals surface area contributed by atoms with Crippen molar-refractivity contribution in [3.63, 3.8) is 0 Å². The molecule has 142 valence electrons. The van der Waals surface area contributed by atoms with Crippen molar-refractivity contribution in [1.82, 2.24) is 9.97 Å². The Balaban J connectivity index is 1.45. The van der Waals surface area contributed by atoms with Gasteiger partial charge in [-0.2, -0.15) is 0 Å². The second kappa shape index (κ2) is 7.32. The molecule has 5 heteroatoms. The molecule has 0 radical (unpaired) electrons. The molecule has 1 aromatic heterocycles. The minimum Gasteiger partial charge on any atom is -0.378 e. The molecular weight excluding hydrogens is 350 g/mol. The van der Waals surface area contributed by atoms with E-state index in [4.69, 9.17) is 9.72 Å². The predicted molar refractivity (Wildman–Crippen MR) is 110 cm³/mol. The molecule has 0 bridgehead atoms. The van der Waals surface area contributed by atoms with Crippen molar-refractivity contribution < 1.29 is 9.53 Å². The van der Waals surface area contributed by atoms with Crippen molar-refractivity contribution >= 4 is 22.6 Å². The molecule has 2 aliphatic rings. The Morgan fingerprint density at radius 3 is 2.68 bits per heavy atom. The molecule has 5 nitrogen and oxygen atoms in total. The van der Waals surface area contributed by atoms with Gasteiger partial charge in [0.05, 0.1) is 30.4 Å². The van der Waals surface area contributed by atoms with Crippen LogP contribution >= 0.6 is 0 Å². The van der Waals surface area contributed by atoms with Gasteiger partial charge in [-0.1, -0.05) is 24.3 Å². The fourth-order valence-electron chi connectivity index (χ4n) is 3.70. The van der Waals surface area contributed by atoms with Crippen LogP contribution in [0.15, 0.2) is 48.7 Å². The summed E-state index contributed by atoms with van der Waals surface area (Å²) in [6.07, 6.45) is 4.90. The second-order valence-corrected chi connectivity index (χ2v) is 7.68. The SMILES string of the molecule is O=C(CC1CC1)c1cccc(-c2ccc3ncc(N4CCOCC4)nc3c2)c1. The minimum atomic E-state index is 0.250. The van der Waals surface area contributed by atoms with Gasteiger partial charge in [0.1, 0.15) is 5.82 Å². The molecule has 2 heterocycles. The number of hydrogen-bond donors (Lipinski definition) is 0. The summed E-state index contributed by atoms with van der Waals surface area (Å²) in [5.74, 6) is 1.74. The van der Waals surface area contributed by atoms with Crippen molar-refractivity contribution in [2.75, 3.05) is 31.2 Å². The summed E-state index contributed by atoms with van der Waals surface area (Å²) in [7, 11) is 0. The number of ether oxygens (including phenoxy) is 1. The Kier molecular flexibility index (Phi) is 4.53. The van der Waals surface area contributed by atoms with Crippen LogP contribution in [0.25, 0.3) is 22.2 Å². The van der Waals surface area contributed by atoms with Crippen LogP contribution in [0.4, 0.5) is 5.82 Å². The molecule has 1 saturated heterocycles. The lowest BCUT2D eigenvalue weighted by Gasteiger charge is -2.27. The molecule has 0 spiro atoms. The standard InChI is InChI=1S/C23H23N3O2/c27-22(12-16-4-5-16)19-3-1-2-17(13-19)18-6-7-20-21(14-18)25-23(15-24-20)26-8-10-28-11-9-26/h1-3,6-7,13-16H,4-5,8-12H2. The van der Waals surface area contributed by atoms with Crippen LogP contribution in [0, 0.1) is 5.92 Å². The minimum absolute atomic E-state index is 0.250. The highest BCUT2D eigenvalue weighted by Crippen LogP contribution is 2.34. The first kappa shape index (κ1) is 17.3. The van der Waals surface area contributed by atoms with Crippen molar-refractivity contribution in [2.24, 2.45) is 5.92 Å². The lowest BCUT2D eigenvalue weighted by molar-refractivity contribution is 0.0976. The molecule has 2 aromatic carbocycles. The van der Waals surface area contributed by atoms with Crippen LogP contribution in [0.2, 0.25) is 0 Å². The number of nitrogens with zero attached hydrogens (tertiary/aromatic N) is 3. The quantitative estimate of drug-likeness (QED) is 0.630. The zero-order chi connectivity index (χ0) is 18.9. The number of benzene rings is 2. The molecule has 3 aromatic rings. The Labute approximate surface area is 164 Å². The third-order valence-electron chi connectivity index (χ3n) is 5.55. The number of anilines is 1. The maximum atomic E-state index is 12.5. The third-order valence-corrected chi connectivity index (χ3v) is 5.55. The highest BCUT2D eigenvalue weighted by atomic mass is 16.5. The van der Waals surface area contributed by atoms with E-state index in [1.807, 2.05) is 36.5 Å². The summed E-state index contributed by atoms with van der Waals surface area (Å²) in [5, 5.41) is 0. The summed E-state index contributed by atoms with van der Waals surface area (Å²) >= 11 is 0. The number of aromatic nitrogens is 2. The summed E-state index contributed by atoms with van der Waals surface area (Å²) in [6, 6.07) is 14.1. The molecule has 0 unspecified atom stereocenters. The average molecular weight is 373 g/mol. The first-order chi connectivity index (χ1) is 13.8. The van der Waals surface area contributed by atoms with Crippen LogP contribution in [0.5, 0.6) is 0 Å². The number of morpholine rings is 1. The fraction of sp³-hybridized carbons (Fsp3) is 0.348. The first-order valence-electron chi connectivity index (χ1n) is 9.99. The Bertz CT molecular complexity index is 1020. The van der Waals surface area contributed by atoms with Crippen molar-refractivity contribution in [3.8, 4) is 11.1 Å². The molecule has 5 rings (SSSR count). The fourth-order valence-corrected chi connectivity index (χ4v) is 3.70. The van der Waals surface area contributed by atoms with Gasteiger partial charge in [-0.15, -0.1) is 0 Å². The van der Waals surface area contributed by atoms with Crippen molar-refractivity contribution in [2.45, 2.75) is 19.3 Å². The maximum absolute atomic E-state index is 12.5. The topological polar surface area (TPSA) is 55.3 Å². The van der Waals surface area contributed by atoms with Gasteiger partial charge >= 0.3 is 0 Å². The Morgan fingerprint density at radius 2 is 1.86 bits per heavy atom. The highest BCUT2D eigenvalue weighted by Gasteiger charge is 2.25. The third kappa shape index (κ3) is 3.62. The van der Waals surface area contributed by atoms with E-state index in [9.17, 15) is 4.79 Å². The van der Waals surface area contributed by atoms with Crippen LogP contribution in [-0.2, 0) is 4.74 Å². The van der Waals surface area contributed by atoms with E-state index in [1.54, 1.807) is 0 Å². The molecular formula is C23H23N3O2. The monoisotopic (exact) mass is 373 g/mol. The largest absolute Gasteiger partial charge is 0.378 e. The summed E-state index contributed by atoms with van der Waals surface area (Å²) in [5.41, 5.74) is 4.65. The van der Waals surface area contributed by atoms with Crippen LogP contribution in [0.1, 0.15) is 29.6 Å². The molecule has 2 fully saturated rings. The van der Waals surface area contributed by atoms with Gasteiger partial charge in [-0.3, -0.25) is 9.78 Å². The van der Waals surface area contributed by atoms with E-state index < -0.39 is 0 Å². The predicted octanol–water partition coefficient (Wildman–Crippen LogP) is 4.12. The number of hydrogen-bond acceptors (Lipinski definition) is 5. The van der Waals surface area contributed by atoms with Crippen LogP contribution in [-0.4, -0.2) is 42.1 Å². The van der Waals surface area contributed by atoms with Gasteiger partial charge in [0, 0.05) is 25.1 Å². The molecule has 0 amide bonds. The van der Waals surface area contributed by atoms with E-state index in [0.29, 0.717) is 12.3 Å². The van der Waals surface area contributed by atoms with Gasteiger partial charge in [-0.25, -0.2) is 4.98 Å². The maximum Gasteiger partial charge on any atom is 0.163 e. The first-order valence-corrected chi connectivity index (χ1v) is 9.99.